The van der Waals surface area contributed by atoms with E-state index in [1.54, 1.807) is 7.05 Å². The molecule has 0 fully saturated rings. The molecule has 0 atom stereocenters. The van der Waals surface area contributed by atoms with Crippen molar-refractivity contribution in [3.05, 3.63) is 68.7 Å². The first-order valence-corrected chi connectivity index (χ1v) is 7.75. The Kier molecular flexibility index (Phi) is 4.20. The Morgan fingerprint density at radius 3 is 2.43 bits per heavy atom. The molecule has 0 bridgehead atoms. The molecular weight excluding hydrogens is 310 g/mol. The predicted molar refractivity (Wildman–Crippen MR) is 92.5 cm³/mol. The number of fused-ring (bicyclic) bond motifs is 1. The molecule has 5 heteroatoms. The van der Waals surface area contributed by atoms with Crippen molar-refractivity contribution in [2.24, 2.45) is 9.98 Å². The van der Waals surface area contributed by atoms with Crippen LogP contribution in [-0.2, 0) is 0 Å². The smallest absolute Gasteiger partial charge is 0.145 e. The SMILES string of the molecule is CN=C1CN(O)C(c2ccc(Cl)cc2)=c2cc(C)c(C)cc2=N1. The largest absolute Gasteiger partial charge is 0.288 e. The van der Waals surface area contributed by atoms with Crippen LogP contribution in [0, 0.1) is 13.8 Å². The van der Waals surface area contributed by atoms with E-state index in [1.165, 1.54) is 5.06 Å². The summed E-state index contributed by atoms with van der Waals surface area (Å²) in [5.74, 6) is 0.584. The summed E-state index contributed by atoms with van der Waals surface area (Å²) in [5.41, 5.74) is 3.90. The van der Waals surface area contributed by atoms with Crippen LogP contribution in [0.1, 0.15) is 16.7 Å². The maximum atomic E-state index is 10.6. The average Bonchev–Trinajstić information content (AvgIpc) is 2.65. The number of benzene rings is 2. The van der Waals surface area contributed by atoms with Crippen molar-refractivity contribution < 1.29 is 5.21 Å². The minimum absolute atomic E-state index is 0.237. The molecule has 0 amide bonds. The lowest BCUT2D eigenvalue weighted by Gasteiger charge is -2.19. The molecule has 23 heavy (non-hydrogen) atoms. The second-order valence-corrected chi connectivity index (χ2v) is 6.05. The van der Waals surface area contributed by atoms with Gasteiger partial charge in [-0.2, -0.15) is 0 Å². The number of hydrogen-bond acceptors (Lipinski definition) is 3. The molecule has 0 aliphatic carbocycles. The zero-order valence-electron chi connectivity index (χ0n) is 13.3. The Bertz CT molecular complexity index is 901. The number of hydrogen-bond donors (Lipinski definition) is 1. The maximum Gasteiger partial charge on any atom is 0.145 e. The molecule has 0 saturated carbocycles. The fraction of sp³-hybridized carbons (Fsp3) is 0.222. The van der Waals surface area contributed by atoms with Crippen LogP contribution in [0.15, 0.2) is 46.4 Å². The van der Waals surface area contributed by atoms with E-state index >= 15 is 0 Å². The van der Waals surface area contributed by atoms with E-state index in [-0.39, 0.29) is 6.54 Å². The van der Waals surface area contributed by atoms with Gasteiger partial charge in [0.1, 0.15) is 12.4 Å². The van der Waals surface area contributed by atoms with Crippen LogP contribution in [-0.4, -0.2) is 29.7 Å². The van der Waals surface area contributed by atoms with E-state index in [0.717, 1.165) is 27.3 Å². The van der Waals surface area contributed by atoms with Gasteiger partial charge in [0.15, 0.2) is 0 Å². The zero-order valence-corrected chi connectivity index (χ0v) is 14.1. The fourth-order valence-electron chi connectivity index (χ4n) is 2.64. The molecule has 3 rings (SSSR count). The molecule has 1 heterocycles. The summed E-state index contributed by atoms with van der Waals surface area (Å²) < 4.78 is 0. The summed E-state index contributed by atoms with van der Waals surface area (Å²) in [6.45, 7) is 4.34. The third-order valence-electron chi connectivity index (χ3n) is 4.04. The Labute approximate surface area is 140 Å². The summed E-state index contributed by atoms with van der Waals surface area (Å²) in [7, 11) is 1.68. The van der Waals surface area contributed by atoms with Crippen molar-refractivity contribution in [2.75, 3.05) is 13.6 Å². The van der Waals surface area contributed by atoms with Crippen LogP contribution < -0.4 is 10.6 Å². The minimum Gasteiger partial charge on any atom is -0.288 e. The topological polar surface area (TPSA) is 48.2 Å². The number of amidine groups is 1. The van der Waals surface area contributed by atoms with E-state index in [1.807, 2.05) is 30.3 Å². The van der Waals surface area contributed by atoms with Crippen LogP contribution in [0.25, 0.3) is 5.70 Å². The average molecular weight is 328 g/mol. The third-order valence-corrected chi connectivity index (χ3v) is 4.29. The summed E-state index contributed by atoms with van der Waals surface area (Å²) in [6.07, 6.45) is 0. The lowest BCUT2D eigenvalue weighted by molar-refractivity contribution is -0.0119. The monoisotopic (exact) mass is 327 g/mol. The van der Waals surface area contributed by atoms with Gasteiger partial charge in [0, 0.05) is 22.9 Å². The van der Waals surface area contributed by atoms with Crippen LogP contribution in [0.2, 0.25) is 5.02 Å². The van der Waals surface area contributed by atoms with Gasteiger partial charge in [-0.3, -0.25) is 10.2 Å². The molecule has 2 aromatic rings. The molecule has 1 aliphatic heterocycles. The van der Waals surface area contributed by atoms with Crippen LogP contribution in [0.5, 0.6) is 0 Å². The van der Waals surface area contributed by atoms with Crippen molar-refractivity contribution in [3.63, 3.8) is 0 Å². The second-order valence-electron chi connectivity index (χ2n) is 5.62. The van der Waals surface area contributed by atoms with Crippen molar-refractivity contribution in [3.8, 4) is 0 Å². The standard InChI is InChI=1S/C18H18ClN3O/c1-11-8-15-16(9-12(11)2)21-17(20-3)10-22(23)18(15)13-4-6-14(19)7-5-13/h4-9,23H,10H2,1-3H3. The summed E-state index contributed by atoms with van der Waals surface area (Å²) in [4.78, 5) is 8.77. The van der Waals surface area contributed by atoms with Crippen molar-refractivity contribution in [2.45, 2.75) is 13.8 Å². The highest BCUT2D eigenvalue weighted by Gasteiger charge is 2.17. The Hall–Kier alpha value is -2.17. The number of aryl methyl sites for hydroxylation is 2. The first-order chi connectivity index (χ1) is 11.0. The number of hydroxylamine groups is 2. The van der Waals surface area contributed by atoms with E-state index in [0.29, 0.717) is 16.6 Å². The Balaban J connectivity index is 2.42. The minimum atomic E-state index is 0.237. The number of aliphatic imine (C=N–C) groups is 1. The second kappa shape index (κ2) is 6.14. The third kappa shape index (κ3) is 3.00. The fourth-order valence-corrected chi connectivity index (χ4v) is 2.77. The van der Waals surface area contributed by atoms with Gasteiger partial charge in [0.05, 0.1) is 11.1 Å². The molecule has 0 spiro atoms. The lowest BCUT2D eigenvalue weighted by atomic mass is 10.0. The van der Waals surface area contributed by atoms with Gasteiger partial charge < -0.3 is 0 Å². The number of rotatable bonds is 1. The molecule has 0 aromatic heterocycles. The van der Waals surface area contributed by atoms with Gasteiger partial charge >= 0.3 is 0 Å². The first-order valence-electron chi connectivity index (χ1n) is 7.38. The van der Waals surface area contributed by atoms with E-state index in [9.17, 15) is 5.21 Å². The lowest BCUT2D eigenvalue weighted by Crippen LogP contribution is -2.32. The molecule has 0 saturated heterocycles. The van der Waals surface area contributed by atoms with Crippen LogP contribution in [0.3, 0.4) is 0 Å². The highest BCUT2D eigenvalue weighted by atomic mass is 35.5. The van der Waals surface area contributed by atoms with E-state index in [4.69, 9.17) is 11.6 Å². The zero-order chi connectivity index (χ0) is 16.6. The Morgan fingerprint density at radius 2 is 1.78 bits per heavy atom. The first kappa shape index (κ1) is 15.7. The van der Waals surface area contributed by atoms with Crippen molar-refractivity contribution >= 4 is 23.1 Å². The number of nitrogens with zero attached hydrogens (tertiary/aromatic N) is 3. The summed E-state index contributed by atoms with van der Waals surface area (Å²) in [5, 5.41) is 14.2. The van der Waals surface area contributed by atoms with Crippen LogP contribution in [0.4, 0.5) is 0 Å². The van der Waals surface area contributed by atoms with Crippen molar-refractivity contribution in [1.29, 1.82) is 0 Å². The van der Waals surface area contributed by atoms with E-state index in [2.05, 4.69) is 29.9 Å². The molecule has 4 nitrogen and oxygen atoms in total. The van der Waals surface area contributed by atoms with Gasteiger partial charge in [-0.1, -0.05) is 23.7 Å². The maximum absolute atomic E-state index is 10.6. The molecule has 0 unspecified atom stereocenters. The summed E-state index contributed by atoms with van der Waals surface area (Å²) in [6, 6.07) is 11.5. The molecular formula is C18H18ClN3O. The van der Waals surface area contributed by atoms with Gasteiger partial charge in [0.2, 0.25) is 0 Å². The number of halogens is 1. The quantitative estimate of drug-likeness (QED) is 0.874. The highest BCUT2D eigenvalue weighted by molar-refractivity contribution is 6.30. The van der Waals surface area contributed by atoms with E-state index < -0.39 is 0 Å². The predicted octanol–water partition coefficient (Wildman–Crippen LogP) is 2.47. The van der Waals surface area contributed by atoms with Gasteiger partial charge in [-0.15, -0.1) is 0 Å². The van der Waals surface area contributed by atoms with Crippen LogP contribution >= 0.6 is 11.6 Å². The molecule has 118 valence electrons. The summed E-state index contributed by atoms with van der Waals surface area (Å²) >= 11 is 5.99. The molecule has 1 N–H and O–H groups in total. The van der Waals surface area contributed by atoms with Gasteiger partial charge in [-0.05, 0) is 49.2 Å². The van der Waals surface area contributed by atoms with Gasteiger partial charge in [0.25, 0.3) is 0 Å². The molecule has 0 radical (unpaired) electrons. The highest BCUT2D eigenvalue weighted by Crippen LogP contribution is 2.18. The normalized spacial score (nSPS) is 16.1. The molecule has 2 aromatic carbocycles. The van der Waals surface area contributed by atoms with Crippen molar-refractivity contribution in [1.82, 2.24) is 5.06 Å². The van der Waals surface area contributed by atoms with Gasteiger partial charge in [-0.25, -0.2) is 10.1 Å². The Morgan fingerprint density at radius 1 is 1.13 bits per heavy atom. The molecule has 1 aliphatic rings.